The molecule has 3 heteroatoms. The molecule has 1 aromatic carbocycles. The summed E-state index contributed by atoms with van der Waals surface area (Å²) in [7, 11) is 0. The minimum atomic E-state index is 0.106. The molecule has 3 nitrogen and oxygen atoms in total. The van der Waals surface area contributed by atoms with Gasteiger partial charge in [-0.15, -0.1) is 0 Å². The van der Waals surface area contributed by atoms with Gasteiger partial charge in [0.2, 0.25) is 0 Å². The third-order valence-electron chi connectivity index (χ3n) is 2.79. The normalized spacial score (nSPS) is 20.2. The Kier molecular flexibility index (Phi) is 3.47. The molecule has 0 bridgehead atoms. The maximum absolute atomic E-state index is 5.90. The number of hydrogen-bond donors (Lipinski definition) is 1. The van der Waals surface area contributed by atoms with Gasteiger partial charge < -0.3 is 14.8 Å². The number of quaternary nitrogens is 1. The summed E-state index contributed by atoms with van der Waals surface area (Å²) in [5, 5.41) is 2.20. The molecule has 1 aliphatic rings. The summed E-state index contributed by atoms with van der Waals surface area (Å²) in [6, 6.07) is 8.16. The average molecular weight is 220 g/mol. The zero-order valence-electron chi connectivity index (χ0n) is 9.56. The van der Waals surface area contributed by atoms with Crippen LogP contribution >= 0.6 is 0 Å². The molecular weight excluding hydrogens is 202 g/mol. The zero-order chi connectivity index (χ0) is 11.4. The van der Waals surface area contributed by atoms with Gasteiger partial charge in [-0.2, -0.15) is 0 Å². The fraction of sp³-hybridized carbons (Fsp3) is 0.385. The first-order valence-electron chi connectivity index (χ1n) is 5.64. The van der Waals surface area contributed by atoms with Gasteiger partial charge in [0.05, 0.1) is 6.54 Å². The summed E-state index contributed by atoms with van der Waals surface area (Å²) < 4.78 is 11.6. The van der Waals surface area contributed by atoms with E-state index in [1.54, 1.807) is 0 Å². The molecule has 0 saturated heterocycles. The Morgan fingerprint density at radius 2 is 2.25 bits per heavy atom. The second-order valence-electron chi connectivity index (χ2n) is 4.03. The molecule has 0 aromatic heterocycles. The smallest absolute Gasteiger partial charge is 0.184 e. The van der Waals surface area contributed by atoms with Crippen molar-refractivity contribution in [2.75, 3.05) is 13.2 Å². The van der Waals surface area contributed by atoms with Crippen LogP contribution in [0.1, 0.15) is 6.92 Å². The number of fused-ring (bicyclic) bond motifs is 1. The van der Waals surface area contributed by atoms with E-state index in [0.29, 0.717) is 12.6 Å². The monoisotopic (exact) mass is 220 g/mol. The van der Waals surface area contributed by atoms with Crippen molar-refractivity contribution in [3.63, 3.8) is 0 Å². The summed E-state index contributed by atoms with van der Waals surface area (Å²) in [5.74, 6) is 1.69. The predicted molar refractivity (Wildman–Crippen MR) is 62.8 cm³/mol. The molecule has 0 saturated carbocycles. The van der Waals surface area contributed by atoms with Crippen molar-refractivity contribution in [1.82, 2.24) is 0 Å². The second-order valence-corrected chi connectivity index (χ2v) is 4.03. The Hall–Kier alpha value is -1.48. The van der Waals surface area contributed by atoms with E-state index in [-0.39, 0.29) is 6.10 Å². The highest BCUT2D eigenvalue weighted by molar-refractivity contribution is 5.40. The third-order valence-corrected chi connectivity index (χ3v) is 2.79. The summed E-state index contributed by atoms with van der Waals surface area (Å²) in [6.45, 7) is 7.38. The van der Waals surface area contributed by atoms with E-state index in [4.69, 9.17) is 9.47 Å². The van der Waals surface area contributed by atoms with E-state index in [0.717, 1.165) is 18.0 Å². The molecule has 1 heterocycles. The van der Waals surface area contributed by atoms with Crippen LogP contribution in [0.4, 0.5) is 0 Å². The highest BCUT2D eigenvalue weighted by atomic mass is 16.6. The first kappa shape index (κ1) is 11.0. The molecule has 2 rings (SSSR count). The fourth-order valence-electron chi connectivity index (χ4n) is 1.76. The van der Waals surface area contributed by atoms with E-state index in [2.05, 4.69) is 18.8 Å². The summed E-state index contributed by atoms with van der Waals surface area (Å²) in [4.78, 5) is 0. The van der Waals surface area contributed by atoms with Crippen molar-refractivity contribution in [3.05, 3.63) is 36.9 Å². The number of benzene rings is 1. The van der Waals surface area contributed by atoms with Crippen LogP contribution < -0.4 is 14.8 Å². The van der Waals surface area contributed by atoms with E-state index in [1.165, 1.54) is 0 Å². The van der Waals surface area contributed by atoms with Crippen LogP contribution in [0, 0.1) is 0 Å². The summed E-state index contributed by atoms with van der Waals surface area (Å²) >= 11 is 0. The SMILES string of the molecule is C=CC[NH2+][C@@H](C)[C@@H]1COc2ccccc2O1. The molecule has 0 aliphatic carbocycles. The van der Waals surface area contributed by atoms with Gasteiger partial charge in [-0.05, 0) is 25.1 Å². The minimum Gasteiger partial charge on any atom is -0.486 e. The van der Waals surface area contributed by atoms with Gasteiger partial charge in [0.25, 0.3) is 0 Å². The van der Waals surface area contributed by atoms with Crippen LogP contribution in [0.5, 0.6) is 11.5 Å². The number of para-hydroxylation sites is 2. The lowest BCUT2D eigenvalue weighted by atomic mass is 10.1. The first-order chi connectivity index (χ1) is 7.81. The van der Waals surface area contributed by atoms with Crippen LogP contribution in [-0.2, 0) is 0 Å². The van der Waals surface area contributed by atoms with Gasteiger partial charge in [0.15, 0.2) is 17.6 Å². The van der Waals surface area contributed by atoms with Crippen molar-refractivity contribution in [2.45, 2.75) is 19.1 Å². The Morgan fingerprint density at radius 1 is 1.50 bits per heavy atom. The third kappa shape index (κ3) is 2.36. The van der Waals surface area contributed by atoms with E-state index < -0.39 is 0 Å². The Balaban J connectivity index is 1.99. The highest BCUT2D eigenvalue weighted by Gasteiger charge is 2.27. The quantitative estimate of drug-likeness (QED) is 0.767. The average Bonchev–Trinajstić information content (AvgIpc) is 2.35. The molecule has 2 atom stereocenters. The lowest BCUT2D eigenvalue weighted by Crippen LogP contribution is -2.92. The Morgan fingerprint density at radius 3 is 3.00 bits per heavy atom. The molecule has 0 unspecified atom stereocenters. The van der Waals surface area contributed by atoms with Crippen molar-refractivity contribution in [1.29, 1.82) is 0 Å². The standard InChI is InChI=1S/C13H17NO2/c1-3-8-14-10(2)13-9-15-11-6-4-5-7-12(11)16-13/h3-7,10,13-14H,1,8-9H2,2H3/p+1/t10-,13-/m0/s1. The summed E-state index contributed by atoms with van der Waals surface area (Å²) in [5.41, 5.74) is 0. The van der Waals surface area contributed by atoms with Gasteiger partial charge in [0, 0.05) is 0 Å². The molecule has 1 aromatic rings. The minimum absolute atomic E-state index is 0.106. The number of rotatable bonds is 4. The molecule has 0 spiro atoms. The molecule has 0 radical (unpaired) electrons. The van der Waals surface area contributed by atoms with Crippen LogP contribution in [0.25, 0.3) is 0 Å². The maximum Gasteiger partial charge on any atom is 0.184 e. The number of ether oxygens (including phenoxy) is 2. The zero-order valence-corrected chi connectivity index (χ0v) is 9.56. The molecule has 86 valence electrons. The van der Waals surface area contributed by atoms with Crippen molar-refractivity contribution in [2.24, 2.45) is 0 Å². The van der Waals surface area contributed by atoms with Gasteiger partial charge in [-0.25, -0.2) is 0 Å². The van der Waals surface area contributed by atoms with Crippen molar-refractivity contribution >= 4 is 0 Å². The van der Waals surface area contributed by atoms with Crippen LogP contribution in [-0.4, -0.2) is 25.3 Å². The lowest BCUT2D eigenvalue weighted by Gasteiger charge is -2.28. The molecular formula is C13H18NO2+. The number of hydrogen-bond acceptors (Lipinski definition) is 2. The van der Waals surface area contributed by atoms with E-state index in [9.17, 15) is 0 Å². The van der Waals surface area contributed by atoms with Crippen molar-refractivity contribution in [3.8, 4) is 11.5 Å². The van der Waals surface area contributed by atoms with Gasteiger partial charge >= 0.3 is 0 Å². The van der Waals surface area contributed by atoms with Crippen molar-refractivity contribution < 1.29 is 14.8 Å². The van der Waals surface area contributed by atoms with Crippen LogP contribution in [0.15, 0.2) is 36.9 Å². The predicted octanol–water partition coefficient (Wildman–Crippen LogP) is 0.964. The first-order valence-corrected chi connectivity index (χ1v) is 5.64. The van der Waals surface area contributed by atoms with Gasteiger partial charge in [0.1, 0.15) is 12.6 Å². The fourth-order valence-corrected chi connectivity index (χ4v) is 1.76. The molecule has 16 heavy (non-hydrogen) atoms. The lowest BCUT2D eigenvalue weighted by molar-refractivity contribution is -0.684. The second kappa shape index (κ2) is 5.03. The van der Waals surface area contributed by atoms with Gasteiger partial charge in [-0.3, -0.25) is 0 Å². The van der Waals surface area contributed by atoms with Gasteiger partial charge in [-0.1, -0.05) is 18.7 Å². The van der Waals surface area contributed by atoms with E-state index >= 15 is 0 Å². The molecule has 1 aliphatic heterocycles. The van der Waals surface area contributed by atoms with Crippen LogP contribution in [0.2, 0.25) is 0 Å². The Bertz CT molecular complexity index is 365. The topological polar surface area (TPSA) is 35.1 Å². The molecule has 2 N–H and O–H groups in total. The highest BCUT2D eigenvalue weighted by Crippen LogP contribution is 2.31. The largest absolute Gasteiger partial charge is 0.486 e. The Labute approximate surface area is 96.1 Å². The number of nitrogens with two attached hydrogens (primary N) is 1. The van der Waals surface area contributed by atoms with Crippen LogP contribution in [0.3, 0.4) is 0 Å². The molecule has 0 fully saturated rings. The molecule has 0 amide bonds. The van der Waals surface area contributed by atoms with E-state index in [1.807, 2.05) is 30.3 Å². The maximum atomic E-state index is 5.90. The summed E-state index contributed by atoms with van der Waals surface area (Å²) in [6.07, 6.45) is 2.00.